The van der Waals surface area contributed by atoms with Crippen LogP contribution in [0.25, 0.3) is 0 Å². The van der Waals surface area contributed by atoms with E-state index in [0.29, 0.717) is 6.17 Å². The van der Waals surface area contributed by atoms with Gasteiger partial charge in [0, 0.05) is 45.8 Å². The van der Waals surface area contributed by atoms with Gasteiger partial charge in [-0.25, -0.2) is 0 Å². The third-order valence-corrected chi connectivity index (χ3v) is 4.51. The van der Waals surface area contributed by atoms with Crippen LogP contribution in [0.2, 0.25) is 0 Å². The second-order valence-electron chi connectivity index (χ2n) is 6.45. The molecule has 0 amide bonds. The second-order valence-corrected chi connectivity index (χ2v) is 6.45. The van der Waals surface area contributed by atoms with Crippen LogP contribution >= 0.6 is 0 Å². The Labute approximate surface area is 142 Å². The first-order valence-corrected chi connectivity index (χ1v) is 9.08. The molecule has 1 fully saturated rings. The summed E-state index contributed by atoms with van der Waals surface area (Å²) in [6.07, 6.45) is 1.59. The maximum Gasteiger partial charge on any atom is 0.0611 e. The van der Waals surface area contributed by atoms with Gasteiger partial charge in [-0.3, -0.25) is 10.2 Å². The molecule has 23 heavy (non-hydrogen) atoms. The standard InChI is InChI=1S/C16H39N7/c1-5-22-16(12-20-9-8-18-3)13-21-15(6-7-17-2)23(14-16)11-10-19-4/h15,17-22H,5-14H2,1-4H3. The summed E-state index contributed by atoms with van der Waals surface area (Å²) in [6, 6.07) is 0. The molecule has 0 aromatic carbocycles. The molecule has 0 saturated carbocycles. The summed E-state index contributed by atoms with van der Waals surface area (Å²) < 4.78 is 0. The topological polar surface area (TPSA) is 75.4 Å². The van der Waals surface area contributed by atoms with E-state index < -0.39 is 0 Å². The lowest BCUT2D eigenvalue weighted by molar-refractivity contribution is 0.0574. The van der Waals surface area contributed by atoms with E-state index in [1.54, 1.807) is 0 Å². The molecule has 0 bridgehead atoms. The Hall–Kier alpha value is -0.280. The maximum absolute atomic E-state index is 3.77. The van der Waals surface area contributed by atoms with Crippen molar-refractivity contribution in [2.75, 3.05) is 80.0 Å². The van der Waals surface area contributed by atoms with Gasteiger partial charge in [0.25, 0.3) is 0 Å². The van der Waals surface area contributed by atoms with Crippen LogP contribution in [0.15, 0.2) is 0 Å². The molecule has 1 saturated heterocycles. The van der Waals surface area contributed by atoms with Crippen LogP contribution < -0.4 is 31.9 Å². The molecule has 0 radical (unpaired) electrons. The first kappa shape index (κ1) is 20.8. The average molecular weight is 330 g/mol. The van der Waals surface area contributed by atoms with Crippen LogP contribution in [-0.2, 0) is 0 Å². The van der Waals surface area contributed by atoms with Gasteiger partial charge in [-0.1, -0.05) is 6.92 Å². The van der Waals surface area contributed by atoms with E-state index >= 15 is 0 Å². The van der Waals surface area contributed by atoms with Crippen LogP contribution in [0.3, 0.4) is 0 Å². The minimum Gasteiger partial charge on any atom is -0.320 e. The molecule has 1 heterocycles. The summed E-state index contributed by atoms with van der Waals surface area (Å²) in [7, 11) is 6.04. The van der Waals surface area contributed by atoms with Gasteiger partial charge in [-0.05, 0) is 40.7 Å². The summed E-state index contributed by atoms with van der Waals surface area (Å²) in [6.45, 7) is 11.4. The summed E-state index contributed by atoms with van der Waals surface area (Å²) in [5.41, 5.74) is 0.104. The van der Waals surface area contributed by atoms with Gasteiger partial charge < -0.3 is 26.6 Å². The molecule has 1 aliphatic heterocycles. The zero-order valence-electron chi connectivity index (χ0n) is 15.6. The highest BCUT2D eigenvalue weighted by molar-refractivity contribution is 5.00. The number of nitrogens with one attached hydrogen (secondary N) is 6. The molecule has 0 aromatic heterocycles. The van der Waals surface area contributed by atoms with Crippen molar-refractivity contribution in [3.8, 4) is 0 Å². The molecule has 0 spiro atoms. The molecule has 7 nitrogen and oxygen atoms in total. The van der Waals surface area contributed by atoms with E-state index in [1.165, 1.54) is 0 Å². The largest absolute Gasteiger partial charge is 0.320 e. The van der Waals surface area contributed by atoms with Gasteiger partial charge in [-0.15, -0.1) is 0 Å². The van der Waals surface area contributed by atoms with Crippen molar-refractivity contribution >= 4 is 0 Å². The molecular weight excluding hydrogens is 290 g/mol. The van der Waals surface area contributed by atoms with Crippen molar-refractivity contribution in [2.24, 2.45) is 0 Å². The maximum atomic E-state index is 3.77. The third-order valence-electron chi connectivity index (χ3n) is 4.51. The molecular formula is C16H39N7. The Bertz CT molecular complexity index is 290. The molecule has 1 aliphatic rings. The number of likely N-dealkylation sites (N-methyl/N-ethyl adjacent to an activating group) is 3. The average Bonchev–Trinajstić information content (AvgIpc) is 2.56. The highest BCUT2D eigenvalue weighted by atomic mass is 15.3. The first-order valence-electron chi connectivity index (χ1n) is 9.08. The summed E-state index contributed by atoms with van der Waals surface area (Å²) in [4.78, 5) is 2.58. The van der Waals surface area contributed by atoms with Gasteiger partial charge in [0.05, 0.1) is 11.7 Å². The summed E-state index contributed by atoms with van der Waals surface area (Å²) >= 11 is 0. The molecule has 2 atom stereocenters. The normalized spacial score (nSPS) is 25.8. The summed E-state index contributed by atoms with van der Waals surface area (Å²) in [5, 5.41) is 20.8. The van der Waals surface area contributed by atoms with E-state index in [4.69, 9.17) is 0 Å². The number of rotatable bonds is 13. The van der Waals surface area contributed by atoms with Crippen LogP contribution in [0.1, 0.15) is 13.3 Å². The van der Waals surface area contributed by atoms with E-state index in [-0.39, 0.29) is 5.54 Å². The molecule has 2 unspecified atom stereocenters. The molecule has 138 valence electrons. The zero-order chi connectivity index (χ0) is 17.0. The Morgan fingerprint density at radius 2 is 1.78 bits per heavy atom. The molecule has 0 aromatic rings. The predicted octanol–water partition coefficient (Wildman–Crippen LogP) is -1.80. The fourth-order valence-corrected chi connectivity index (χ4v) is 3.27. The number of hydrogen-bond acceptors (Lipinski definition) is 7. The van der Waals surface area contributed by atoms with Crippen molar-refractivity contribution in [1.29, 1.82) is 0 Å². The van der Waals surface area contributed by atoms with Crippen LogP contribution in [0.5, 0.6) is 0 Å². The molecule has 0 aliphatic carbocycles. The number of hydrogen-bond donors (Lipinski definition) is 6. The SMILES string of the molecule is CCNC1(CNCCNC)CNC(CCNC)N(CCNC)C1. The second kappa shape index (κ2) is 12.1. The Balaban J connectivity index is 2.63. The molecule has 1 rings (SSSR count). The van der Waals surface area contributed by atoms with Gasteiger partial charge >= 0.3 is 0 Å². The lowest BCUT2D eigenvalue weighted by Gasteiger charge is -2.48. The number of nitrogens with zero attached hydrogens (tertiary/aromatic N) is 1. The van der Waals surface area contributed by atoms with Crippen molar-refractivity contribution in [3.63, 3.8) is 0 Å². The van der Waals surface area contributed by atoms with Crippen molar-refractivity contribution < 1.29 is 0 Å². The fourth-order valence-electron chi connectivity index (χ4n) is 3.27. The van der Waals surface area contributed by atoms with E-state index in [0.717, 1.165) is 65.3 Å². The first-order chi connectivity index (χ1) is 11.2. The van der Waals surface area contributed by atoms with Gasteiger partial charge in [-0.2, -0.15) is 0 Å². The van der Waals surface area contributed by atoms with Crippen molar-refractivity contribution in [1.82, 2.24) is 36.8 Å². The van der Waals surface area contributed by atoms with E-state index in [2.05, 4.69) is 43.7 Å². The van der Waals surface area contributed by atoms with Crippen molar-refractivity contribution in [3.05, 3.63) is 0 Å². The third kappa shape index (κ3) is 7.43. The molecule has 7 heteroatoms. The zero-order valence-corrected chi connectivity index (χ0v) is 15.6. The fraction of sp³-hybridized carbons (Fsp3) is 1.00. The smallest absolute Gasteiger partial charge is 0.0611 e. The highest BCUT2D eigenvalue weighted by Gasteiger charge is 2.38. The van der Waals surface area contributed by atoms with Crippen LogP contribution in [0.4, 0.5) is 0 Å². The summed E-state index contributed by atoms with van der Waals surface area (Å²) in [5.74, 6) is 0. The van der Waals surface area contributed by atoms with E-state index in [9.17, 15) is 0 Å². The lowest BCUT2D eigenvalue weighted by Crippen LogP contribution is -2.72. The Morgan fingerprint density at radius 3 is 2.43 bits per heavy atom. The van der Waals surface area contributed by atoms with Crippen LogP contribution in [-0.4, -0.2) is 96.7 Å². The van der Waals surface area contributed by atoms with Crippen molar-refractivity contribution in [2.45, 2.75) is 25.0 Å². The lowest BCUT2D eigenvalue weighted by atomic mass is 9.94. The Morgan fingerprint density at radius 1 is 1.04 bits per heavy atom. The molecule has 6 N–H and O–H groups in total. The minimum atomic E-state index is 0.104. The predicted molar refractivity (Wildman–Crippen MR) is 99.0 cm³/mol. The monoisotopic (exact) mass is 329 g/mol. The van der Waals surface area contributed by atoms with Gasteiger partial charge in [0.15, 0.2) is 0 Å². The Kier molecular flexibility index (Phi) is 11.0. The van der Waals surface area contributed by atoms with Crippen LogP contribution in [0, 0.1) is 0 Å². The van der Waals surface area contributed by atoms with Gasteiger partial charge in [0.1, 0.15) is 0 Å². The van der Waals surface area contributed by atoms with E-state index in [1.807, 2.05) is 21.1 Å². The van der Waals surface area contributed by atoms with Gasteiger partial charge in [0.2, 0.25) is 0 Å². The highest BCUT2D eigenvalue weighted by Crippen LogP contribution is 2.16. The minimum absolute atomic E-state index is 0.104. The quantitative estimate of drug-likeness (QED) is 0.223.